The Hall–Kier alpha value is -2.08. The first kappa shape index (κ1) is 16.4. The maximum absolute atomic E-state index is 6.42. The van der Waals surface area contributed by atoms with E-state index in [-0.39, 0.29) is 6.10 Å². The van der Waals surface area contributed by atoms with Gasteiger partial charge in [0.1, 0.15) is 17.6 Å². The number of benzene rings is 2. The highest BCUT2D eigenvalue weighted by atomic mass is 16.5. The standard InChI is InChI=1S/C20H25N3O2/c1-24-19-9-5-3-7-17(19)20-14-23(13-16-10-11-21-22-16)12-15-6-2-4-8-18(15)25-20/h2-9,16,20-22H,10-14H2,1H3. The monoisotopic (exact) mass is 339 g/mol. The number of para-hydroxylation sites is 2. The van der Waals surface area contributed by atoms with E-state index in [1.54, 1.807) is 7.11 Å². The Morgan fingerprint density at radius 1 is 1.16 bits per heavy atom. The van der Waals surface area contributed by atoms with Gasteiger partial charge in [-0.3, -0.25) is 15.8 Å². The number of rotatable bonds is 4. The zero-order valence-electron chi connectivity index (χ0n) is 14.6. The lowest BCUT2D eigenvalue weighted by atomic mass is 10.1. The van der Waals surface area contributed by atoms with Gasteiger partial charge in [-0.15, -0.1) is 0 Å². The van der Waals surface area contributed by atoms with E-state index in [1.807, 2.05) is 24.3 Å². The highest BCUT2D eigenvalue weighted by molar-refractivity contribution is 5.39. The van der Waals surface area contributed by atoms with Crippen LogP contribution in [0.1, 0.15) is 23.7 Å². The van der Waals surface area contributed by atoms with Gasteiger partial charge in [-0.2, -0.15) is 0 Å². The predicted octanol–water partition coefficient (Wildman–Crippen LogP) is 2.50. The van der Waals surface area contributed by atoms with Crippen molar-refractivity contribution in [3.63, 3.8) is 0 Å². The second kappa shape index (κ2) is 7.44. The van der Waals surface area contributed by atoms with Gasteiger partial charge in [-0.1, -0.05) is 36.4 Å². The maximum atomic E-state index is 6.42. The average molecular weight is 339 g/mol. The van der Waals surface area contributed by atoms with Crippen molar-refractivity contribution in [1.82, 2.24) is 15.8 Å². The lowest BCUT2D eigenvalue weighted by Gasteiger charge is -2.27. The van der Waals surface area contributed by atoms with E-state index < -0.39 is 0 Å². The van der Waals surface area contributed by atoms with Crippen LogP contribution in [0, 0.1) is 0 Å². The van der Waals surface area contributed by atoms with Crippen LogP contribution in [0.25, 0.3) is 0 Å². The lowest BCUT2D eigenvalue weighted by Crippen LogP contribution is -2.41. The number of hydrogen-bond acceptors (Lipinski definition) is 5. The molecule has 0 saturated carbocycles. The van der Waals surface area contributed by atoms with Crippen molar-refractivity contribution in [3.05, 3.63) is 59.7 Å². The molecule has 2 N–H and O–H groups in total. The minimum Gasteiger partial charge on any atom is -0.496 e. The first-order chi connectivity index (χ1) is 12.3. The molecule has 2 heterocycles. The lowest BCUT2D eigenvalue weighted by molar-refractivity contribution is 0.138. The van der Waals surface area contributed by atoms with Gasteiger partial charge >= 0.3 is 0 Å². The fourth-order valence-corrected chi connectivity index (χ4v) is 3.70. The summed E-state index contributed by atoms with van der Waals surface area (Å²) in [5.74, 6) is 1.85. The first-order valence-electron chi connectivity index (χ1n) is 8.91. The van der Waals surface area contributed by atoms with Crippen molar-refractivity contribution in [3.8, 4) is 11.5 Å². The van der Waals surface area contributed by atoms with Gasteiger partial charge in [-0.25, -0.2) is 0 Å². The van der Waals surface area contributed by atoms with Crippen LogP contribution in [0.4, 0.5) is 0 Å². The van der Waals surface area contributed by atoms with E-state index in [9.17, 15) is 0 Å². The third-order valence-corrected chi connectivity index (χ3v) is 4.95. The molecule has 1 saturated heterocycles. The Balaban J connectivity index is 1.64. The number of fused-ring (bicyclic) bond motifs is 1. The summed E-state index contributed by atoms with van der Waals surface area (Å²) >= 11 is 0. The summed E-state index contributed by atoms with van der Waals surface area (Å²) in [7, 11) is 1.72. The van der Waals surface area contributed by atoms with Crippen LogP contribution in [-0.2, 0) is 6.54 Å². The van der Waals surface area contributed by atoms with Crippen molar-refractivity contribution < 1.29 is 9.47 Å². The zero-order chi connectivity index (χ0) is 17.1. The summed E-state index contributed by atoms with van der Waals surface area (Å²) < 4.78 is 12.0. The predicted molar refractivity (Wildman–Crippen MR) is 97.6 cm³/mol. The van der Waals surface area contributed by atoms with E-state index in [0.29, 0.717) is 6.04 Å². The summed E-state index contributed by atoms with van der Waals surface area (Å²) in [4.78, 5) is 2.48. The molecule has 25 heavy (non-hydrogen) atoms. The second-order valence-electron chi connectivity index (χ2n) is 6.71. The Morgan fingerprint density at radius 3 is 2.84 bits per heavy atom. The largest absolute Gasteiger partial charge is 0.496 e. The normalized spacial score (nSPS) is 23.6. The molecule has 0 bridgehead atoms. The molecule has 4 rings (SSSR count). The minimum atomic E-state index is -0.0471. The van der Waals surface area contributed by atoms with Crippen molar-refractivity contribution in [2.24, 2.45) is 0 Å². The Kier molecular flexibility index (Phi) is 4.88. The van der Waals surface area contributed by atoms with Gasteiger partial charge in [0.15, 0.2) is 0 Å². The van der Waals surface area contributed by atoms with Crippen LogP contribution in [0.5, 0.6) is 11.5 Å². The third kappa shape index (κ3) is 3.63. The smallest absolute Gasteiger partial charge is 0.140 e. The summed E-state index contributed by atoms with van der Waals surface area (Å²) in [6.45, 7) is 3.77. The first-order valence-corrected chi connectivity index (χ1v) is 8.91. The topological polar surface area (TPSA) is 45.8 Å². The highest BCUT2D eigenvalue weighted by Crippen LogP contribution is 2.34. The van der Waals surface area contributed by atoms with Gasteiger partial charge < -0.3 is 9.47 Å². The average Bonchev–Trinajstić information content (AvgIpc) is 3.08. The Bertz CT molecular complexity index is 716. The van der Waals surface area contributed by atoms with Gasteiger partial charge in [-0.05, 0) is 18.6 Å². The molecule has 5 nitrogen and oxygen atoms in total. The molecular formula is C20H25N3O2. The van der Waals surface area contributed by atoms with Crippen LogP contribution in [0.2, 0.25) is 0 Å². The van der Waals surface area contributed by atoms with E-state index in [1.165, 1.54) is 5.56 Å². The number of nitrogens with zero attached hydrogens (tertiary/aromatic N) is 1. The quantitative estimate of drug-likeness (QED) is 0.896. The number of nitrogens with one attached hydrogen (secondary N) is 2. The molecule has 2 aliphatic heterocycles. The summed E-state index contributed by atoms with van der Waals surface area (Å²) in [6.07, 6.45) is 1.10. The molecule has 0 spiro atoms. The van der Waals surface area contributed by atoms with E-state index in [4.69, 9.17) is 9.47 Å². The highest BCUT2D eigenvalue weighted by Gasteiger charge is 2.28. The van der Waals surface area contributed by atoms with Gasteiger partial charge in [0.2, 0.25) is 0 Å². The Labute approximate surface area is 148 Å². The number of hydrogen-bond donors (Lipinski definition) is 2. The van der Waals surface area contributed by atoms with Gasteiger partial charge in [0.05, 0.1) is 7.11 Å². The zero-order valence-corrected chi connectivity index (χ0v) is 14.6. The SMILES string of the molecule is COc1ccccc1C1CN(CC2CCNN2)Cc2ccccc2O1. The fraction of sp³-hybridized carbons (Fsp3) is 0.400. The van der Waals surface area contributed by atoms with Crippen LogP contribution in [0.3, 0.4) is 0 Å². The molecule has 2 atom stereocenters. The number of hydrazine groups is 1. The van der Waals surface area contributed by atoms with E-state index >= 15 is 0 Å². The molecule has 0 aliphatic carbocycles. The molecule has 1 fully saturated rings. The van der Waals surface area contributed by atoms with Gasteiger partial charge in [0, 0.05) is 43.3 Å². The van der Waals surface area contributed by atoms with Crippen LogP contribution < -0.4 is 20.3 Å². The molecule has 0 aromatic heterocycles. The second-order valence-corrected chi connectivity index (χ2v) is 6.71. The van der Waals surface area contributed by atoms with E-state index in [0.717, 1.165) is 49.7 Å². The molecule has 2 aromatic rings. The molecule has 0 amide bonds. The number of ether oxygens (including phenoxy) is 2. The molecule has 2 aliphatic rings. The Morgan fingerprint density at radius 2 is 2.00 bits per heavy atom. The molecule has 5 heteroatoms. The maximum Gasteiger partial charge on any atom is 0.140 e. The molecule has 2 aromatic carbocycles. The van der Waals surface area contributed by atoms with Crippen molar-refractivity contribution in [2.75, 3.05) is 26.7 Å². The minimum absolute atomic E-state index is 0.0471. The fourth-order valence-electron chi connectivity index (χ4n) is 3.70. The molecular weight excluding hydrogens is 314 g/mol. The molecule has 2 unspecified atom stereocenters. The van der Waals surface area contributed by atoms with Crippen molar-refractivity contribution >= 4 is 0 Å². The van der Waals surface area contributed by atoms with E-state index in [2.05, 4.69) is 40.0 Å². The van der Waals surface area contributed by atoms with Crippen LogP contribution in [0.15, 0.2) is 48.5 Å². The molecule has 0 radical (unpaired) electrons. The molecule has 132 valence electrons. The summed E-state index contributed by atoms with van der Waals surface area (Å²) in [5, 5.41) is 0. The van der Waals surface area contributed by atoms with Crippen molar-refractivity contribution in [1.29, 1.82) is 0 Å². The van der Waals surface area contributed by atoms with Gasteiger partial charge in [0.25, 0.3) is 0 Å². The summed E-state index contributed by atoms with van der Waals surface area (Å²) in [6, 6.07) is 17.0. The number of methoxy groups -OCH3 is 1. The van der Waals surface area contributed by atoms with Crippen molar-refractivity contribution in [2.45, 2.75) is 25.1 Å². The summed E-state index contributed by atoms with van der Waals surface area (Å²) in [5.41, 5.74) is 8.94. The van der Waals surface area contributed by atoms with Crippen LogP contribution >= 0.6 is 0 Å². The van der Waals surface area contributed by atoms with Crippen LogP contribution in [-0.4, -0.2) is 37.7 Å². The third-order valence-electron chi connectivity index (χ3n) is 4.95.